The van der Waals surface area contributed by atoms with Gasteiger partial charge in [-0.05, 0) is 30.4 Å². The lowest BCUT2D eigenvalue weighted by molar-refractivity contribution is 0.0206. The molecular weight excluding hydrogens is 352 g/mol. The highest BCUT2D eigenvalue weighted by atomic mass is 16.5. The molecule has 5 heteroatoms. The van der Waals surface area contributed by atoms with Crippen molar-refractivity contribution < 1.29 is 14.6 Å². The highest BCUT2D eigenvalue weighted by Gasteiger charge is 2.32. The summed E-state index contributed by atoms with van der Waals surface area (Å²) in [6, 6.07) is 16.1. The average molecular weight is 383 g/mol. The normalized spacial score (nSPS) is 20.0. The van der Waals surface area contributed by atoms with Gasteiger partial charge in [0.1, 0.15) is 18.1 Å². The molecule has 2 aromatic carbocycles. The maximum Gasteiger partial charge on any atom is 0.124 e. The number of hydrogen-bond acceptors (Lipinski definition) is 5. The molecule has 0 aliphatic carbocycles. The fraction of sp³-hybridized carbons (Fsp3) is 0.478. The number of ether oxygens (including phenoxy) is 2. The van der Waals surface area contributed by atoms with Gasteiger partial charge in [-0.2, -0.15) is 0 Å². The molecule has 0 aromatic heterocycles. The van der Waals surface area contributed by atoms with Crippen molar-refractivity contribution in [3.8, 4) is 11.5 Å². The zero-order valence-electron chi connectivity index (χ0n) is 16.3. The van der Waals surface area contributed by atoms with Crippen molar-refractivity contribution in [2.75, 3.05) is 39.4 Å². The summed E-state index contributed by atoms with van der Waals surface area (Å²) < 4.78 is 11.5. The van der Waals surface area contributed by atoms with E-state index in [-0.39, 0.29) is 6.04 Å². The minimum absolute atomic E-state index is 0.231. The van der Waals surface area contributed by atoms with Crippen molar-refractivity contribution >= 4 is 0 Å². The van der Waals surface area contributed by atoms with Gasteiger partial charge in [0.05, 0.1) is 0 Å². The van der Waals surface area contributed by atoms with E-state index in [9.17, 15) is 5.11 Å². The van der Waals surface area contributed by atoms with E-state index in [1.54, 1.807) is 6.07 Å². The topological polar surface area (TPSA) is 54.0 Å². The van der Waals surface area contributed by atoms with Crippen LogP contribution in [0, 0.1) is 5.92 Å². The molecule has 0 bridgehead atoms. The molecule has 2 aliphatic rings. The SMILES string of the molecule is Oc1cc(OCc2ccccc2)ccc1[C@@H](C1CCOCC1)N1CCNCC1. The quantitative estimate of drug-likeness (QED) is 0.803. The molecule has 2 aliphatic heterocycles. The Labute approximate surface area is 167 Å². The van der Waals surface area contributed by atoms with Gasteiger partial charge in [0, 0.05) is 57.1 Å². The molecule has 28 heavy (non-hydrogen) atoms. The van der Waals surface area contributed by atoms with Crippen molar-refractivity contribution in [1.82, 2.24) is 10.2 Å². The smallest absolute Gasteiger partial charge is 0.124 e. The van der Waals surface area contributed by atoms with Crippen LogP contribution in [-0.4, -0.2) is 49.4 Å². The van der Waals surface area contributed by atoms with Crippen LogP contribution in [0.25, 0.3) is 0 Å². The Hall–Kier alpha value is -2.08. The fourth-order valence-corrected chi connectivity index (χ4v) is 4.34. The van der Waals surface area contributed by atoms with Gasteiger partial charge in [0.2, 0.25) is 0 Å². The van der Waals surface area contributed by atoms with E-state index in [1.807, 2.05) is 36.4 Å². The lowest BCUT2D eigenvalue weighted by Gasteiger charge is -2.41. The standard InChI is InChI=1S/C23H30N2O3/c26-22-16-20(28-17-18-4-2-1-3-5-18)6-7-21(22)23(19-8-14-27-15-9-19)25-12-10-24-11-13-25/h1-7,16,19,23-24,26H,8-15,17H2/t23-/m1/s1. The summed E-state index contributed by atoms with van der Waals surface area (Å²) >= 11 is 0. The predicted octanol–water partition coefficient (Wildman–Crippen LogP) is 3.34. The first-order chi connectivity index (χ1) is 13.8. The molecule has 2 saturated heterocycles. The van der Waals surface area contributed by atoms with Crippen LogP contribution in [0.4, 0.5) is 0 Å². The van der Waals surface area contributed by atoms with Gasteiger partial charge in [-0.3, -0.25) is 4.90 Å². The molecule has 0 spiro atoms. The molecule has 2 fully saturated rings. The molecular formula is C23H30N2O3. The number of phenols is 1. The highest BCUT2D eigenvalue weighted by molar-refractivity contribution is 5.42. The van der Waals surface area contributed by atoms with Crippen LogP contribution in [0.15, 0.2) is 48.5 Å². The second-order valence-electron chi connectivity index (χ2n) is 7.68. The van der Waals surface area contributed by atoms with Crippen LogP contribution >= 0.6 is 0 Å². The molecule has 0 saturated carbocycles. The van der Waals surface area contributed by atoms with Crippen molar-refractivity contribution in [3.05, 3.63) is 59.7 Å². The number of phenolic OH excluding ortho intramolecular Hbond substituents is 1. The van der Waals surface area contributed by atoms with Gasteiger partial charge in [-0.1, -0.05) is 36.4 Å². The number of piperazine rings is 1. The molecule has 150 valence electrons. The fourth-order valence-electron chi connectivity index (χ4n) is 4.34. The summed E-state index contributed by atoms with van der Waals surface area (Å²) in [6.45, 7) is 6.14. The molecule has 0 unspecified atom stereocenters. The summed E-state index contributed by atoms with van der Waals surface area (Å²) in [5, 5.41) is 14.3. The van der Waals surface area contributed by atoms with E-state index in [0.29, 0.717) is 24.0 Å². The van der Waals surface area contributed by atoms with Gasteiger partial charge in [0.15, 0.2) is 0 Å². The Kier molecular flexibility index (Phi) is 6.47. The first-order valence-corrected chi connectivity index (χ1v) is 10.3. The van der Waals surface area contributed by atoms with Gasteiger partial charge < -0.3 is 19.9 Å². The Balaban J connectivity index is 1.52. The monoisotopic (exact) mass is 382 g/mol. The second kappa shape index (κ2) is 9.41. The number of aromatic hydroxyl groups is 1. The predicted molar refractivity (Wildman–Crippen MR) is 110 cm³/mol. The van der Waals surface area contributed by atoms with E-state index in [0.717, 1.165) is 63.4 Å². The van der Waals surface area contributed by atoms with Gasteiger partial charge in [-0.25, -0.2) is 0 Å². The second-order valence-corrected chi connectivity index (χ2v) is 7.68. The van der Waals surface area contributed by atoms with E-state index in [2.05, 4.69) is 16.3 Å². The summed E-state index contributed by atoms with van der Waals surface area (Å²) in [6.07, 6.45) is 2.08. The third-order valence-electron chi connectivity index (χ3n) is 5.83. The first kappa shape index (κ1) is 19.2. The lowest BCUT2D eigenvalue weighted by atomic mass is 9.85. The van der Waals surface area contributed by atoms with E-state index in [4.69, 9.17) is 9.47 Å². The van der Waals surface area contributed by atoms with Crippen molar-refractivity contribution in [2.24, 2.45) is 5.92 Å². The highest BCUT2D eigenvalue weighted by Crippen LogP contribution is 2.40. The minimum atomic E-state index is 0.231. The van der Waals surface area contributed by atoms with Gasteiger partial charge >= 0.3 is 0 Å². The van der Waals surface area contributed by atoms with Crippen molar-refractivity contribution in [3.63, 3.8) is 0 Å². The number of rotatable bonds is 6. The average Bonchev–Trinajstić information content (AvgIpc) is 2.76. The number of hydrogen-bond donors (Lipinski definition) is 2. The summed E-state index contributed by atoms with van der Waals surface area (Å²) in [5.74, 6) is 1.55. The van der Waals surface area contributed by atoms with E-state index >= 15 is 0 Å². The molecule has 2 aromatic rings. The Morgan fingerprint density at radius 3 is 2.54 bits per heavy atom. The van der Waals surface area contributed by atoms with Crippen LogP contribution in [0.3, 0.4) is 0 Å². The van der Waals surface area contributed by atoms with E-state index < -0.39 is 0 Å². The molecule has 2 heterocycles. The number of benzene rings is 2. The van der Waals surface area contributed by atoms with E-state index in [1.165, 1.54) is 0 Å². The van der Waals surface area contributed by atoms with Crippen molar-refractivity contribution in [1.29, 1.82) is 0 Å². The molecule has 0 amide bonds. The summed E-state index contributed by atoms with van der Waals surface area (Å²) in [7, 11) is 0. The van der Waals surface area contributed by atoms with Gasteiger partial charge in [0.25, 0.3) is 0 Å². The van der Waals surface area contributed by atoms with Crippen molar-refractivity contribution in [2.45, 2.75) is 25.5 Å². The Morgan fingerprint density at radius 1 is 1.07 bits per heavy atom. The van der Waals surface area contributed by atoms with Gasteiger partial charge in [-0.15, -0.1) is 0 Å². The largest absolute Gasteiger partial charge is 0.507 e. The van der Waals surface area contributed by atoms with Crippen LogP contribution in [-0.2, 0) is 11.3 Å². The van der Waals surface area contributed by atoms with Crippen LogP contribution < -0.4 is 10.1 Å². The minimum Gasteiger partial charge on any atom is -0.507 e. The number of nitrogens with one attached hydrogen (secondary N) is 1. The Morgan fingerprint density at radius 2 is 1.82 bits per heavy atom. The molecule has 0 radical (unpaired) electrons. The molecule has 2 N–H and O–H groups in total. The maximum absolute atomic E-state index is 10.9. The Bertz CT molecular complexity index is 723. The first-order valence-electron chi connectivity index (χ1n) is 10.3. The molecule has 4 rings (SSSR count). The van der Waals surface area contributed by atoms with Crippen LogP contribution in [0.1, 0.15) is 30.0 Å². The van der Waals surface area contributed by atoms with Crippen LogP contribution in [0.5, 0.6) is 11.5 Å². The summed E-state index contributed by atoms with van der Waals surface area (Å²) in [4.78, 5) is 2.52. The lowest BCUT2D eigenvalue weighted by Crippen LogP contribution is -2.47. The zero-order valence-corrected chi connectivity index (χ0v) is 16.3. The third kappa shape index (κ3) is 4.66. The molecule has 5 nitrogen and oxygen atoms in total. The number of nitrogens with zero attached hydrogens (tertiary/aromatic N) is 1. The zero-order chi connectivity index (χ0) is 19.2. The van der Waals surface area contributed by atoms with Crippen LogP contribution in [0.2, 0.25) is 0 Å². The summed E-state index contributed by atoms with van der Waals surface area (Å²) in [5.41, 5.74) is 2.13. The molecule has 1 atom stereocenters. The third-order valence-corrected chi connectivity index (χ3v) is 5.83. The maximum atomic E-state index is 10.9.